The van der Waals surface area contributed by atoms with Crippen molar-refractivity contribution in [1.82, 2.24) is 0 Å². The van der Waals surface area contributed by atoms with Gasteiger partial charge in [0.15, 0.2) is 0 Å². The van der Waals surface area contributed by atoms with Crippen LogP contribution in [0.5, 0.6) is 5.75 Å². The molecule has 0 saturated carbocycles. The normalized spacial score (nSPS) is 10.4. The molecule has 2 rings (SSSR count). The molecule has 0 bridgehead atoms. The molecular formula is C10H8NO3-. The van der Waals surface area contributed by atoms with Gasteiger partial charge in [-0.15, -0.1) is 11.0 Å². The zero-order valence-corrected chi connectivity index (χ0v) is 7.21. The summed E-state index contributed by atoms with van der Waals surface area (Å²) in [4.78, 5) is 0. The number of fused-ring (bicyclic) bond motifs is 1. The van der Waals surface area contributed by atoms with Crippen LogP contribution in [0.1, 0.15) is 0 Å². The number of rotatable bonds is 1. The van der Waals surface area contributed by atoms with Gasteiger partial charge < -0.3 is 5.11 Å². The van der Waals surface area contributed by atoms with Crippen LogP contribution in [0.3, 0.4) is 0 Å². The lowest BCUT2D eigenvalue weighted by molar-refractivity contribution is -0.268. The third kappa shape index (κ3) is 1.48. The van der Waals surface area contributed by atoms with Crippen molar-refractivity contribution >= 4 is 16.5 Å². The van der Waals surface area contributed by atoms with E-state index >= 15 is 0 Å². The van der Waals surface area contributed by atoms with E-state index in [4.69, 9.17) is 10.4 Å². The molecule has 0 aliphatic carbocycles. The molecule has 0 fully saturated rings. The molecule has 4 nitrogen and oxygen atoms in total. The van der Waals surface area contributed by atoms with Gasteiger partial charge in [-0.05, 0) is 22.9 Å². The summed E-state index contributed by atoms with van der Waals surface area (Å²) in [6.45, 7) is 0. The van der Waals surface area contributed by atoms with Gasteiger partial charge >= 0.3 is 0 Å². The first kappa shape index (κ1) is 8.80. The van der Waals surface area contributed by atoms with Gasteiger partial charge in [0.05, 0.1) is 5.69 Å². The molecule has 4 heteroatoms. The quantitative estimate of drug-likeness (QED) is 0.668. The lowest BCUT2D eigenvalue weighted by Crippen LogP contribution is -2.10. The maximum absolute atomic E-state index is 11.0. The largest absolute Gasteiger partial charge is 0.872 e. The predicted molar refractivity (Wildman–Crippen MR) is 49.4 cm³/mol. The van der Waals surface area contributed by atoms with E-state index in [1.807, 2.05) is 0 Å². The summed E-state index contributed by atoms with van der Waals surface area (Å²) < 4.78 is 0. The van der Waals surface area contributed by atoms with Crippen molar-refractivity contribution in [2.75, 3.05) is 5.23 Å². The number of hydrogen-bond acceptors (Lipinski definition) is 4. The summed E-state index contributed by atoms with van der Waals surface area (Å²) in [5.41, 5.74) is 0.260. The second kappa shape index (κ2) is 3.17. The Labute approximate surface area is 80.2 Å². The number of anilines is 1. The van der Waals surface area contributed by atoms with Crippen LogP contribution in [-0.2, 0) is 0 Å². The summed E-state index contributed by atoms with van der Waals surface area (Å²) in [6, 6.07) is 9.33. The fourth-order valence-electron chi connectivity index (χ4n) is 1.34. The molecule has 14 heavy (non-hydrogen) atoms. The van der Waals surface area contributed by atoms with Crippen molar-refractivity contribution in [1.29, 1.82) is 0 Å². The number of nitrogens with zero attached hydrogens (tertiary/aromatic N) is 1. The fraction of sp³-hybridized carbons (Fsp3) is 0. The molecule has 0 aliphatic rings. The van der Waals surface area contributed by atoms with Gasteiger partial charge in [0, 0.05) is 0 Å². The molecule has 2 aromatic rings. The van der Waals surface area contributed by atoms with E-state index < -0.39 is 0 Å². The Balaban J connectivity index is 2.62. The van der Waals surface area contributed by atoms with Crippen molar-refractivity contribution in [3.8, 4) is 5.75 Å². The summed E-state index contributed by atoms with van der Waals surface area (Å²) in [6.07, 6.45) is 0. The van der Waals surface area contributed by atoms with Crippen LogP contribution in [0.15, 0.2) is 36.4 Å². The lowest BCUT2D eigenvalue weighted by Gasteiger charge is -2.10. The second-order valence-corrected chi connectivity index (χ2v) is 2.98. The van der Waals surface area contributed by atoms with Crippen LogP contribution in [0, 0.1) is 0 Å². The van der Waals surface area contributed by atoms with Gasteiger partial charge in [-0.1, -0.05) is 24.3 Å². The second-order valence-electron chi connectivity index (χ2n) is 2.98. The molecule has 0 radical (unpaired) electrons. The Hall–Kier alpha value is -1.78. The smallest absolute Gasteiger partial charge is 0.0949 e. The molecule has 72 valence electrons. The van der Waals surface area contributed by atoms with E-state index in [-0.39, 0.29) is 16.7 Å². The Kier molecular flexibility index (Phi) is 1.99. The first-order chi connectivity index (χ1) is 6.66. The predicted octanol–water partition coefficient (Wildman–Crippen LogP) is 1.50. The standard InChI is InChI=1S/C10H9NO3/c12-10-4-2-7-5-9(11(13)14)3-1-8(7)6-10/h1-6,12-14H/p-1. The molecule has 2 aromatic carbocycles. The minimum atomic E-state index is -0.0601. The average molecular weight is 190 g/mol. The third-order valence-electron chi connectivity index (χ3n) is 2.03. The van der Waals surface area contributed by atoms with E-state index in [2.05, 4.69) is 0 Å². The summed E-state index contributed by atoms with van der Waals surface area (Å²) >= 11 is 0. The molecule has 0 saturated heterocycles. The van der Waals surface area contributed by atoms with Crippen LogP contribution in [0.25, 0.3) is 10.8 Å². The highest BCUT2D eigenvalue weighted by Crippen LogP contribution is 2.22. The van der Waals surface area contributed by atoms with E-state index in [0.29, 0.717) is 0 Å². The molecule has 0 heterocycles. The molecule has 0 aromatic heterocycles. The van der Waals surface area contributed by atoms with Gasteiger partial charge in [-0.3, -0.25) is 10.4 Å². The molecule has 0 spiro atoms. The van der Waals surface area contributed by atoms with Crippen LogP contribution in [0.4, 0.5) is 5.69 Å². The van der Waals surface area contributed by atoms with E-state index in [0.717, 1.165) is 10.8 Å². The fourth-order valence-corrected chi connectivity index (χ4v) is 1.34. The van der Waals surface area contributed by atoms with Gasteiger partial charge in [0.1, 0.15) is 0 Å². The highest BCUT2D eigenvalue weighted by Gasteiger charge is 1.99. The van der Waals surface area contributed by atoms with Crippen LogP contribution in [-0.4, -0.2) is 10.4 Å². The maximum Gasteiger partial charge on any atom is 0.0949 e. The van der Waals surface area contributed by atoms with Gasteiger partial charge in [0.2, 0.25) is 0 Å². The Morgan fingerprint density at radius 3 is 2.29 bits per heavy atom. The first-order valence-electron chi connectivity index (χ1n) is 4.05. The molecule has 2 N–H and O–H groups in total. The van der Waals surface area contributed by atoms with E-state index in [9.17, 15) is 5.11 Å². The summed E-state index contributed by atoms with van der Waals surface area (Å²) in [5, 5.41) is 30.1. The van der Waals surface area contributed by atoms with Gasteiger partial charge in [-0.2, -0.15) is 0 Å². The highest BCUT2D eigenvalue weighted by atomic mass is 16.8. The van der Waals surface area contributed by atoms with Crippen molar-refractivity contribution in [2.24, 2.45) is 0 Å². The van der Waals surface area contributed by atoms with Crippen molar-refractivity contribution in [3.05, 3.63) is 36.4 Å². The van der Waals surface area contributed by atoms with Gasteiger partial charge in [0.25, 0.3) is 0 Å². The number of benzene rings is 2. The lowest BCUT2D eigenvalue weighted by atomic mass is 10.1. The van der Waals surface area contributed by atoms with Crippen LogP contribution < -0.4 is 10.3 Å². The summed E-state index contributed by atoms with van der Waals surface area (Å²) in [7, 11) is 0. The van der Waals surface area contributed by atoms with Crippen LogP contribution in [0.2, 0.25) is 0 Å². The molecule has 0 amide bonds. The maximum atomic E-state index is 11.0. The average Bonchev–Trinajstić information content (AvgIpc) is 2.16. The monoisotopic (exact) mass is 190 g/mol. The Morgan fingerprint density at radius 1 is 0.929 bits per heavy atom. The molecule has 0 unspecified atom stereocenters. The van der Waals surface area contributed by atoms with Crippen LogP contribution >= 0.6 is 0 Å². The van der Waals surface area contributed by atoms with Crippen molar-refractivity contribution in [3.63, 3.8) is 0 Å². The Morgan fingerprint density at radius 2 is 1.57 bits per heavy atom. The minimum absolute atomic E-state index is 0.0462. The zero-order valence-electron chi connectivity index (χ0n) is 7.21. The highest BCUT2D eigenvalue weighted by molar-refractivity contribution is 5.86. The van der Waals surface area contributed by atoms with E-state index in [1.54, 1.807) is 18.2 Å². The molecular weight excluding hydrogens is 182 g/mol. The first-order valence-corrected chi connectivity index (χ1v) is 4.05. The van der Waals surface area contributed by atoms with Crippen molar-refractivity contribution in [2.45, 2.75) is 0 Å². The van der Waals surface area contributed by atoms with Gasteiger partial charge in [-0.25, -0.2) is 0 Å². The SMILES string of the molecule is [O-]c1ccc2cc(N(O)O)ccc2c1. The third-order valence-corrected chi connectivity index (χ3v) is 2.03. The Bertz CT molecular complexity index is 468. The topological polar surface area (TPSA) is 66.8 Å². The molecule has 0 aliphatic heterocycles. The summed E-state index contributed by atoms with van der Waals surface area (Å²) in [5.74, 6) is -0.0601. The number of hydrogen-bond donors (Lipinski definition) is 2. The van der Waals surface area contributed by atoms with Crippen molar-refractivity contribution < 1.29 is 15.5 Å². The van der Waals surface area contributed by atoms with E-state index in [1.165, 1.54) is 18.2 Å². The minimum Gasteiger partial charge on any atom is -0.872 e. The zero-order chi connectivity index (χ0) is 10.1. The molecule has 0 atom stereocenters.